The molecule has 0 fully saturated rings. The first kappa shape index (κ1) is 25.8. The molecule has 160 valence electrons. The van der Waals surface area contributed by atoms with E-state index in [1.54, 1.807) is 0 Å². The summed E-state index contributed by atoms with van der Waals surface area (Å²) < 4.78 is 106. The molecule has 0 spiro atoms. The third kappa shape index (κ3) is 18.0. The van der Waals surface area contributed by atoms with Crippen LogP contribution >= 0.6 is 0 Å². The summed E-state index contributed by atoms with van der Waals surface area (Å²) in [6.07, 6.45) is 0.781. The fraction of sp³-hybridized carbons (Fsp3) is 0.714. The van der Waals surface area contributed by atoms with Gasteiger partial charge in [-0.15, -0.1) is 7.77 Å². The Kier molecular flexibility index (Phi) is 13.3. The molecule has 0 bridgehead atoms. The number of hydrogen-bond donors (Lipinski definition) is 0. The lowest BCUT2D eigenvalue weighted by atomic mass is 10.2. The van der Waals surface area contributed by atoms with Gasteiger partial charge in [0.15, 0.2) is 0 Å². The van der Waals surface area contributed by atoms with Crippen molar-refractivity contribution < 1.29 is 47.6 Å². The zero-order valence-corrected chi connectivity index (χ0v) is 16.0. The van der Waals surface area contributed by atoms with E-state index in [1.807, 2.05) is 0 Å². The SMILES string of the molecule is O=S(=O)(F)CCOCCCC(=CF)OC(=CF)CCCOCCS(=O)(=O)F. The summed E-state index contributed by atoms with van der Waals surface area (Å²) in [5.74, 6) is -1.93. The average Bonchev–Trinajstić information content (AvgIpc) is 2.56. The minimum absolute atomic E-state index is 0.0240. The minimum Gasteiger partial charge on any atom is -0.461 e. The minimum atomic E-state index is -4.60. The highest BCUT2D eigenvalue weighted by Gasteiger charge is 2.09. The number of allylic oxidation sites excluding steroid dienone is 2. The smallest absolute Gasteiger partial charge is 0.304 e. The Morgan fingerprint density at radius 3 is 1.37 bits per heavy atom. The zero-order valence-electron chi connectivity index (χ0n) is 14.4. The lowest BCUT2D eigenvalue weighted by Gasteiger charge is -2.11. The van der Waals surface area contributed by atoms with E-state index in [1.165, 1.54) is 0 Å². The van der Waals surface area contributed by atoms with Gasteiger partial charge in [-0.1, -0.05) is 0 Å². The third-order valence-electron chi connectivity index (χ3n) is 2.87. The van der Waals surface area contributed by atoms with Gasteiger partial charge < -0.3 is 14.2 Å². The summed E-state index contributed by atoms with van der Waals surface area (Å²) in [4.78, 5) is 0. The van der Waals surface area contributed by atoms with Crippen LogP contribution in [-0.2, 0) is 34.7 Å². The van der Waals surface area contributed by atoms with Crippen molar-refractivity contribution in [3.63, 3.8) is 0 Å². The Morgan fingerprint density at radius 2 is 1.07 bits per heavy atom. The first-order valence-electron chi connectivity index (χ1n) is 7.84. The van der Waals surface area contributed by atoms with Gasteiger partial charge in [0.2, 0.25) is 0 Å². The molecule has 0 amide bonds. The van der Waals surface area contributed by atoms with E-state index < -0.39 is 32.0 Å². The van der Waals surface area contributed by atoms with E-state index >= 15 is 0 Å². The van der Waals surface area contributed by atoms with E-state index in [2.05, 4.69) is 0 Å². The van der Waals surface area contributed by atoms with Crippen LogP contribution < -0.4 is 0 Å². The molecular formula is C14H22F4O7S2. The third-order valence-corrected chi connectivity index (χ3v) is 4.18. The molecule has 13 heteroatoms. The molecule has 27 heavy (non-hydrogen) atoms. The van der Waals surface area contributed by atoms with Gasteiger partial charge in [0, 0.05) is 26.1 Å². The number of hydrogen-bond acceptors (Lipinski definition) is 7. The van der Waals surface area contributed by atoms with Crippen LogP contribution in [0.15, 0.2) is 24.2 Å². The summed E-state index contributed by atoms with van der Waals surface area (Å²) in [6.45, 7) is -0.631. The molecule has 0 unspecified atom stereocenters. The number of rotatable bonds is 16. The summed E-state index contributed by atoms with van der Waals surface area (Å²) >= 11 is 0. The average molecular weight is 442 g/mol. The maximum atomic E-state index is 12.8. The molecule has 0 aromatic rings. The Balaban J connectivity index is 3.96. The predicted molar refractivity (Wildman–Crippen MR) is 89.4 cm³/mol. The number of ether oxygens (including phenoxy) is 3. The molecule has 0 saturated heterocycles. The van der Waals surface area contributed by atoms with Crippen molar-refractivity contribution >= 4 is 20.4 Å². The molecule has 0 radical (unpaired) electrons. The highest BCUT2D eigenvalue weighted by molar-refractivity contribution is 7.86. The van der Waals surface area contributed by atoms with E-state index in [9.17, 15) is 33.4 Å². The fourth-order valence-electron chi connectivity index (χ4n) is 1.64. The van der Waals surface area contributed by atoms with Crippen LogP contribution in [0.25, 0.3) is 0 Å². The maximum absolute atomic E-state index is 12.8. The van der Waals surface area contributed by atoms with Crippen molar-refractivity contribution in [2.75, 3.05) is 37.9 Å². The molecule has 7 nitrogen and oxygen atoms in total. The summed E-state index contributed by atoms with van der Waals surface area (Å²) in [6, 6.07) is 0. The van der Waals surface area contributed by atoms with Crippen LogP contribution in [0.2, 0.25) is 0 Å². The van der Waals surface area contributed by atoms with Crippen LogP contribution in [0, 0.1) is 0 Å². The van der Waals surface area contributed by atoms with Gasteiger partial charge >= 0.3 is 20.4 Å². The molecule has 0 N–H and O–H groups in total. The highest BCUT2D eigenvalue weighted by atomic mass is 32.3. The molecule has 0 saturated carbocycles. The Morgan fingerprint density at radius 1 is 0.704 bits per heavy atom. The summed E-state index contributed by atoms with van der Waals surface area (Å²) in [5.41, 5.74) is 0. The molecule has 0 heterocycles. The molecule has 0 aromatic heterocycles. The molecule has 0 aliphatic rings. The quantitative estimate of drug-likeness (QED) is 0.157. The number of halogens is 4. The molecule has 0 aliphatic carbocycles. The monoisotopic (exact) mass is 442 g/mol. The Bertz CT molecular complexity index is 618. The van der Waals surface area contributed by atoms with Crippen LogP contribution in [0.3, 0.4) is 0 Å². The molecule has 0 atom stereocenters. The predicted octanol–water partition coefficient (Wildman–Crippen LogP) is 2.82. The van der Waals surface area contributed by atoms with Gasteiger partial charge in [0.05, 0.1) is 13.2 Å². The maximum Gasteiger partial charge on any atom is 0.304 e. The first-order chi connectivity index (χ1) is 12.6. The normalized spacial score (nSPS) is 13.8. The van der Waals surface area contributed by atoms with Crippen LogP contribution in [0.4, 0.5) is 16.6 Å². The van der Waals surface area contributed by atoms with Gasteiger partial charge in [0.25, 0.3) is 0 Å². The van der Waals surface area contributed by atoms with Gasteiger partial charge in [-0.3, -0.25) is 0 Å². The van der Waals surface area contributed by atoms with Crippen molar-refractivity contribution in [1.29, 1.82) is 0 Å². The fourth-order valence-corrected chi connectivity index (χ4v) is 2.28. The van der Waals surface area contributed by atoms with Gasteiger partial charge in [0.1, 0.15) is 35.7 Å². The first-order valence-corrected chi connectivity index (χ1v) is 10.9. The highest BCUT2D eigenvalue weighted by Crippen LogP contribution is 2.17. The van der Waals surface area contributed by atoms with E-state index in [-0.39, 0.29) is 76.3 Å². The Hall–Kier alpha value is -1.18. The zero-order chi connectivity index (χ0) is 20.8. The molecule has 0 aromatic carbocycles. The topological polar surface area (TPSA) is 96.0 Å². The second-order valence-corrected chi connectivity index (χ2v) is 8.14. The molecule has 0 rings (SSSR count). The van der Waals surface area contributed by atoms with E-state index in [4.69, 9.17) is 14.2 Å². The van der Waals surface area contributed by atoms with Gasteiger partial charge in [-0.2, -0.15) is 16.8 Å². The van der Waals surface area contributed by atoms with E-state index in [0.717, 1.165) is 0 Å². The van der Waals surface area contributed by atoms with Crippen molar-refractivity contribution in [2.24, 2.45) is 0 Å². The van der Waals surface area contributed by atoms with Crippen molar-refractivity contribution in [2.45, 2.75) is 25.7 Å². The van der Waals surface area contributed by atoms with Crippen molar-refractivity contribution in [1.82, 2.24) is 0 Å². The molecular weight excluding hydrogens is 420 g/mol. The van der Waals surface area contributed by atoms with E-state index in [0.29, 0.717) is 0 Å². The standard InChI is InChI=1S/C14H22F4O7S2/c15-11-13(3-1-5-23-7-9-26(17,19)20)25-14(12-16)4-2-6-24-8-10-27(18,21)22/h11-12H,1-10H2. The van der Waals surface area contributed by atoms with Crippen LogP contribution in [-0.4, -0.2) is 54.8 Å². The Labute approximate surface area is 156 Å². The lowest BCUT2D eigenvalue weighted by Crippen LogP contribution is -2.08. The van der Waals surface area contributed by atoms with Crippen molar-refractivity contribution in [3.05, 3.63) is 24.2 Å². The van der Waals surface area contributed by atoms with Crippen LogP contribution in [0.5, 0.6) is 0 Å². The summed E-state index contributed by atoms with van der Waals surface area (Å²) in [7, 11) is -9.21. The second-order valence-electron chi connectivity index (χ2n) is 5.17. The van der Waals surface area contributed by atoms with Gasteiger partial charge in [-0.25, -0.2) is 8.78 Å². The summed E-state index contributed by atoms with van der Waals surface area (Å²) in [5, 5.41) is 0. The van der Waals surface area contributed by atoms with Crippen molar-refractivity contribution in [3.8, 4) is 0 Å². The van der Waals surface area contributed by atoms with Crippen LogP contribution in [0.1, 0.15) is 25.7 Å². The lowest BCUT2D eigenvalue weighted by molar-refractivity contribution is 0.136. The second kappa shape index (κ2) is 13.9. The largest absolute Gasteiger partial charge is 0.461 e. The van der Waals surface area contributed by atoms with Gasteiger partial charge in [-0.05, 0) is 12.8 Å². The molecule has 0 aliphatic heterocycles.